The van der Waals surface area contributed by atoms with Gasteiger partial charge in [0.1, 0.15) is 5.54 Å². The SMILES string of the molecule is CCOC(=O)Cc1csc(NC(=O)C2(N)CCOCC2)n1.Cl. The molecule has 1 fully saturated rings. The van der Waals surface area contributed by atoms with E-state index in [-0.39, 0.29) is 30.7 Å². The third-order valence-electron chi connectivity index (χ3n) is 3.24. The summed E-state index contributed by atoms with van der Waals surface area (Å²) in [5.74, 6) is -0.594. The van der Waals surface area contributed by atoms with E-state index in [0.717, 1.165) is 0 Å². The third kappa shape index (κ3) is 4.91. The van der Waals surface area contributed by atoms with Gasteiger partial charge in [-0.25, -0.2) is 4.98 Å². The van der Waals surface area contributed by atoms with Gasteiger partial charge in [-0.1, -0.05) is 0 Å². The minimum atomic E-state index is -0.911. The lowest BCUT2D eigenvalue weighted by Crippen LogP contribution is -2.54. The van der Waals surface area contributed by atoms with Crippen molar-refractivity contribution in [2.24, 2.45) is 5.73 Å². The number of hydrogen-bond acceptors (Lipinski definition) is 7. The maximum atomic E-state index is 12.2. The number of nitrogens with one attached hydrogen (secondary N) is 1. The zero-order chi connectivity index (χ0) is 15.3. The molecule has 0 aliphatic carbocycles. The summed E-state index contributed by atoms with van der Waals surface area (Å²) >= 11 is 1.26. The van der Waals surface area contributed by atoms with Crippen molar-refractivity contribution in [3.63, 3.8) is 0 Å². The van der Waals surface area contributed by atoms with Crippen molar-refractivity contribution in [1.29, 1.82) is 0 Å². The zero-order valence-corrected chi connectivity index (χ0v) is 13.9. The van der Waals surface area contributed by atoms with E-state index in [0.29, 0.717) is 43.5 Å². The molecule has 0 atom stereocenters. The Hall–Kier alpha value is -1.22. The Morgan fingerprint density at radius 3 is 2.82 bits per heavy atom. The van der Waals surface area contributed by atoms with E-state index in [1.54, 1.807) is 12.3 Å². The molecular weight excluding hydrogens is 330 g/mol. The lowest BCUT2D eigenvalue weighted by Gasteiger charge is -2.31. The zero-order valence-electron chi connectivity index (χ0n) is 12.3. The molecule has 1 aliphatic rings. The summed E-state index contributed by atoms with van der Waals surface area (Å²) in [6, 6.07) is 0. The Labute approximate surface area is 139 Å². The normalized spacial score (nSPS) is 16.5. The predicted molar refractivity (Wildman–Crippen MR) is 85.3 cm³/mol. The highest BCUT2D eigenvalue weighted by Gasteiger charge is 2.36. The van der Waals surface area contributed by atoms with E-state index >= 15 is 0 Å². The first-order valence-corrected chi connectivity index (χ1v) is 7.69. The molecule has 2 rings (SSSR count). The van der Waals surface area contributed by atoms with Crippen molar-refractivity contribution in [3.8, 4) is 0 Å². The number of amides is 1. The highest BCUT2D eigenvalue weighted by Crippen LogP contribution is 2.22. The first-order chi connectivity index (χ1) is 10.0. The number of thiazole rings is 1. The molecular formula is C13H20ClN3O4S. The molecule has 2 heterocycles. The van der Waals surface area contributed by atoms with E-state index in [4.69, 9.17) is 15.2 Å². The van der Waals surface area contributed by atoms with Crippen LogP contribution in [0.3, 0.4) is 0 Å². The monoisotopic (exact) mass is 349 g/mol. The smallest absolute Gasteiger partial charge is 0.311 e. The van der Waals surface area contributed by atoms with Crippen molar-refractivity contribution in [3.05, 3.63) is 11.1 Å². The van der Waals surface area contributed by atoms with Crippen LogP contribution in [-0.2, 0) is 25.5 Å². The second-order valence-corrected chi connectivity index (χ2v) is 5.71. The minimum absolute atomic E-state index is 0. The molecule has 7 nitrogen and oxygen atoms in total. The molecule has 1 aliphatic heterocycles. The molecule has 0 saturated carbocycles. The number of carbonyl (C=O) groups is 2. The van der Waals surface area contributed by atoms with Crippen LogP contribution >= 0.6 is 23.7 Å². The number of aromatic nitrogens is 1. The first kappa shape index (κ1) is 18.8. The van der Waals surface area contributed by atoms with Crippen molar-refractivity contribution >= 4 is 40.8 Å². The van der Waals surface area contributed by atoms with Crippen LogP contribution in [0.1, 0.15) is 25.5 Å². The Morgan fingerprint density at radius 1 is 1.50 bits per heavy atom. The lowest BCUT2D eigenvalue weighted by molar-refractivity contribution is -0.142. The molecule has 1 aromatic rings. The highest BCUT2D eigenvalue weighted by molar-refractivity contribution is 7.13. The quantitative estimate of drug-likeness (QED) is 0.772. The van der Waals surface area contributed by atoms with Crippen molar-refractivity contribution in [2.45, 2.75) is 31.7 Å². The summed E-state index contributed by atoms with van der Waals surface area (Å²) < 4.78 is 10.1. The summed E-state index contributed by atoms with van der Waals surface area (Å²) in [5.41, 5.74) is 5.75. The molecule has 0 spiro atoms. The van der Waals surface area contributed by atoms with Gasteiger partial charge >= 0.3 is 5.97 Å². The van der Waals surface area contributed by atoms with E-state index in [2.05, 4.69) is 10.3 Å². The number of halogens is 1. The van der Waals surface area contributed by atoms with Crippen LogP contribution in [0.25, 0.3) is 0 Å². The summed E-state index contributed by atoms with van der Waals surface area (Å²) in [7, 11) is 0. The number of anilines is 1. The van der Waals surface area contributed by atoms with Gasteiger partial charge in [0.2, 0.25) is 5.91 Å². The number of rotatable bonds is 5. The second-order valence-electron chi connectivity index (χ2n) is 4.85. The molecule has 124 valence electrons. The van der Waals surface area contributed by atoms with Crippen molar-refractivity contribution in [1.82, 2.24) is 4.98 Å². The van der Waals surface area contributed by atoms with Crippen LogP contribution in [0.4, 0.5) is 5.13 Å². The van der Waals surface area contributed by atoms with Gasteiger partial charge in [-0.3, -0.25) is 9.59 Å². The molecule has 0 radical (unpaired) electrons. The largest absolute Gasteiger partial charge is 0.466 e. The Balaban J connectivity index is 0.00000242. The molecule has 0 aromatic carbocycles. The average Bonchev–Trinajstić information content (AvgIpc) is 2.87. The number of nitrogens with two attached hydrogens (primary N) is 1. The molecule has 22 heavy (non-hydrogen) atoms. The summed E-state index contributed by atoms with van der Waals surface area (Å²) in [4.78, 5) is 27.8. The maximum Gasteiger partial charge on any atom is 0.311 e. The highest BCUT2D eigenvalue weighted by atomic mass is 35.5. The molecule has 9 heteroatoms. The fraction of sp³-hybridized carbons (Fsp3) is 0.615. The lowest BCUT2D eigenvalue weighted by atomic mass is 9.90. The van der Waals surface area contributed by atoms with Gasteiger partial charge in [-0.05, 0) is 19.8 Å². The number of nitrogens with zero attached hydrogens (tertiary/aromatic N) is 1. The minimum Gasteiger partial charge on any atom is -0.466 e. The number of carbonyl (C=O) groups excluding carboxylic acids is 2. The van der Waals surface area contributed by atoms with Gasteiger partial charge in [0.15, 0.2) is 5.13 Å². The summed E-state index contributed by atoms with van der Waals surface area (Å²) in [6.45, 7) is 3.05. The molecule has 1 amide bonds. The first-order valence-electron chi connectivity index (χ1n) is 6.81. The van der Waals surface area contributed by atoms with Gasteiger partial charge in [-0.2, -0.15) is 0 Å². The van der Waals surface area contributed by atoms with Gasteiger partial charge in [-0.15, -0.1) is 23.7 Å². The van der Waals surface area contributed by atoms with Crippen LogP contribution < -0.4 is 11.1 Å². The van der Waals surface area contributed by atoms with E-state index in [1.165, 1.54) is 11.3 Å². The maximum absolute atomic E-state index is 12.2. The fourth-order valence-electron chi connectivity index (χ4n) is 1.99. The average molecular weight is 350 g/mol. The molecule has 0 bridgehead atoms. The fourth-order valence-corrected chi connectivity index (χ4v) is 2.70. The van der Waals surface area contributed by atoms with Crippen molar-refractivity contribution < 1.29 is 19.1 Å². The predicted octanol–water partition coefficient (Wildman–Crippen LogP) is 1.12. The van der Waals surface area contributed by atoms with Crippen molar-refractivity contribution in [2.75, 3.05) is 25.1 Å². The topological polar surface area (TPSA) is 104 Å². The second kappa shape index (κ2) is 8.42. The van der Waals surface area contributed by atoms with Gasteiger partial charge in [0.25, 0.3) is 0 Å². The molecule has 1 saturated heterocycles. The third-order valence-corrected chi connectivity index (χ3v) is 4.05. The van der Waals surface area contributed by atoms with Crippen LogP contribution in [0.15, 0.2) is 5.38 Å². The van der Waals surface area contributed by atoms with Crippen LogP contribution in [0, 0.1) is 0 Å². The van der Waals surface area contributed by atoms with Gasteiger partial charge in [0.05, 0.1) is 18.7 Å². The van der Waals surface area contributed by atoms with E-state index < -0.39 is 5.54 Å². The summed E-state index contributed by atoms with van der Waals surface area (Å²) in [5, 5.41) is 4.88. The molecule has 0 unspecified atom stereocenters. The molecule has 3 N–H and O–H groups in total. The van der Waals surface area contributed by atoms with E-state index in [9.17, 15) is 9.59 Å². The Kier molecular flexibility index (Phi) is 7.21. The van der Waals surface area contributed by atoms with Gasteiger partial charge in [0, 0.05) is 18.6 Å². The Bertz CT molecular complexity index is 517. The van der Waals surface area contributed by atoms with E-state index in [1.807, 2.05) is 0 Å². The standard InChI is InChI=1S/C13H19N3O4S.ClH/c1-2-20-10(17)7-9-8-21-12(15-9)16-11(18)13(14)3-5-19-6-4-13;/h8H,2-7,14H2,1H3,(H,15,16,18);1H. The number of esters is 1. The van der Waals surface area contributed by atoms with Gasteiger partial charge < -0.3 is 20.5 Å². The summed E-state index contributed by atoms with van der Waals surface area (Å²) in [6.07, 6.45) is 1.07. The van der Waals surface area contributed by atoms with Crippen LogP contribution in [0.2, 0.25) is 0 Å². The van der Waals surface area contributed by atoms with Crippen LogP contribution in [-0.4, -0.2) is 42.2 Å². The number of ether oxygens (including phenoxy) is 2. The van der Waals surface area contributed by atoms with Crippen LogP contribution in [0.5, 0.6) is 0 Å². The number of hydrogen-bond donors (Lipinski definition) is 2. The Morgan fingerprint density at radius 2 is 2.18 bits per heavy atom. The molecule has 1 aromatic heterocycles.